The molecule has 1 aliphatic heterocycles. The van der Waals surface area contributed by atoms with Crippen LogP contribution < -0.4 is 0 Å². The van der Waals surface area contributed by atoms with Crippen LogP contribution in [0.4, 0.5) is 0 Å². The number of furan rings is 1. The summed E-state index contributed by atoms with van der Waals surface area (Å²) in [5, 5.41) is 10.1. The molecule has 1 aromatic heterocycles. The van der Waals surface area contributed by atoms with Crippen LogP contribution in [0.1, 0.15) is 12.7 Å². The van der Waals surface area contributed by atoms with Crippen LogP contribution >= 0.6 is 23.2 Å². The van der Waals surface area contributed by atoms with E-state index in [2.05, 4.69) is 0 Å². The first kappa shape index (κ1) is 18.0. The van der Waals surface area contributed by atoms with Gasteiger partial charge in [-0.1, -0.05) is 23.2 Å². The zero-order valence-corrected chi connectivity index (χ0v) is 15.4. The standard InChI is InChI=1S/C19H12Cl2N2O3/c1-10-15(18(24)23(2)19(25)16(10)9-22)8-14-3-4-17(26-14)11-5-12(20)7-13(21)6-11/h3-8H,1-2H3/b15-8+. The predicted octanol–water partition coefficient (Wildman–Crippen LogP) is 4.48. The second-order valence-electron chi connectivity index (χ2n) is 5.70. The SMILES string of the molecule is CC1=C(C#N)C(=O)N(C)C(=O)/C1=C/c1ccc(-c2cc(Cl)cc(Cl)c2)o1. The molecule has 0 N–H and O–H groups in total. The van der Waals surface area contributed by atoms with E-state index in [4.69, 9.17) is 27.6 Å². The molecular weight excluding hydrogens is 375 g/mol. The Labute approximate surface area is 159 Å². The number of carbonyl (C=O) groups is 2. The molecule has 0 radical (unpaired) electrons. The summed E-state index contributed by atoms with van der Waals surface area (Å²) in [5.74, 6) is -0.175. The van der Waals surface area contributed by atoms with Crippen LogP contribution in [0.15, 0.2) is 51.5 Å². The van der Waals surface area contributed by atoms with E-state index in [0.29, 0.717) is 32.7 Å². The highest BCUT2D eigenvalue weighted by Crippen LogP contribution is 2.31. The number of imide groups is 1. The van der Waals surface area contributed by atoms with Crippen LogP contribution in [-0.2, 0) is 9.59 Å². The van der Waals surface area contributed by atoms with Gasteiger partial charge in [0.15, 0.2) is 0 Å². The van der Waals surface area contributed by atoms with E-state index in [0.717, 1.165) is 4.90 Å². The maximum absolute atomic E-state index is 12.4. The summed E-state index contributed by atoms with van der Waals surface area (Å²) in [6, 6.07) is 10.3. The fourth-order valence-electron chi connectivity index (χ4n) is 2.62. The molecule has 0 atom stereocenters. The number of rotatable bonds is 2. The monoisotopic (exact) mass is 386 g/mol. The number of nitrogens with zero attached hydrogens (tertiary/aromatic N) is 2. The van der Waals surface area contributed by atoms with Crippen molar-refractivity contribution in [2.45, 2.75) is 6.92 Å². The molecule has 0 saturated heterocycles. The van der Waals surface area contributed by atoms with Crippen molar-refractivity contribution in [1.82, 2.24) is 4.90 Å². The first-order valence-electron chi connectivity index (χ1n) is 7.53. The lowest BCUT2D eigenvalue weighted by Gasteiger charge is -2.23. The molecule has 0 aliphatic carbocycles. The van der Waals surface area contributed by atoms with E-state index in [1.54, 1.807) is 37.3 Å². The third-order valence-electron chi connectivity index (χ3n) is 4.00. The van der Waals surface area contributed by atoms with E-state index in [-0.39, 0.29) is 11.1 Å². The summed E-state index contributed by atoms with van der Waals surface area (Å²) in [7, 11) is 1.34. The van der Waals surface area contributed by atoms with E-state index < -0.39 is 11.8 Å². The van der Waals surface area contributed by atoms with Crippen molar-refractivity contribution in [3.8, 4) is 17.4 Å². The smallest absolute Gasteiger partial charge is 0.271 e. The van der Waals surface area contributed by atoms with E-state index in [9.17, 15) is 14.9 Å². The number of benzene rings is 1. The minimum atomic E-state index is -0.610. The van der Waals surface area contributed by atoms with Crippen LogP contribution in [0.2, 0.25) is 10.0 Å². The summed E-state index contributed by atoms with van der Waals surface area (Å²) < 4.78 is 5.76. The van der Waals surface area contributed by atoms with Crippen molar-refractivity contribution >= 4 is 41.1 Å². The van der Waals surface area contributed by atoms with E-state index in [1.165, 1.54) is 13.1 Å². The highest BCUT2D eigenvalue weighted by molar-refractivity contribution is 6.35. The van der Waals surface area contributed by atoms with E-state index >= 15 is 0 Å². The molecule has 1 aliphatic rings. The van der Waals surface area contributed by atoms with Crippen molar-refractivity contribution in [1.29, 1.82) is 5.26 Å². The summed E-state index contributed by atoms with van der Waals surface area (Å²) in [6.07, 6.45) is 1.51. The van der Waals surface area contributed by atoms with Crippen LogP contribution in [0, 0.1) is 11.3 Å². The number of carbonyl (C=O) groups excluding carboxylic acids is 2. The molecule has 2 aromatic rings. The summed E-state index contributed by atoms with van der Waals surface area (Å²) in [4.78, 5) is 25.3. The van der Waals surface area contributed by atoms with Crippen molar-refractivity contribution in [3.63, 3.8) is 0 Å². The van der Waals surface area contributed by atoms with Crippen LogP contribution in [0.25, 0.3) is 17.4 Å². The Morgan fingerprint density at radius 3 is 2.38 bits per heavy atom. The van der Waals surface area contributed by atoms with Gasteiger partial charge in [0, 0.05) is 28.2 Å². The zero-order chi connectivity index (χ0) is 19.0. The minimum absolute atomic E-state index is 0.0632. The summed E-state index contributed by atoms with van der Waals surface area (Å²) in [5.41, 5.74) is 1.18. The molecule has 5 nitrogen and oxygen atoms in total. The minimum Gasteiger partial charge on any atom is -0.457 e. The Kier molecular flexibility index (Phi) is 4.73. The predicted molar refractivity (Wildman–Crippen MR) is 98.2 cm³/mol. The van der Waals surface area contributed by atoms with Gasteiger partial charge in [-0.2, -0.15) is 5.26 Å². The molecule has 2 heterocycles. The maximum atomic E-state index is 12.4. The van der Waals surface area contributed by atoms with Gasteiger partial charge in [0.1, 0.15) is 23.2 Å². The van der Waals surface area contributed by atoms with Gasteiger partial charge in [0.05, 0.1) is 0 Å². The highest BCUT2D eigenvalue weighted by atomic mass is 35.5. The number of hydrogen-bond donors (Lipinski definition) is 0. The Morgan fingerprint density at radius 2 is 1.77 bits per heavy atom. The number of nitriles is 1. The van der Waals surface area contributed by atoms with Gasteiger partial charge in [0.25, 0.3) is 11.8 Å². The van der Waals surface area contributed by atoms with Gasteiger partial charge < -0.3 is 4.42 Å². The summed E-state index contributed by atoms with van der Waals surface area (Å²) in [6.45, 7) is 1.56. The quantitative estimate of drug-likeness (QED) is 0.563. The average molecular weight is 387 g/mol. The maximum Gasteiger partial charge on any atom is 0.271 e. The molecule has 0 bridgehead atoms. The number of halogens is 2. The van der Waals surface area contributed by atoms with Gasteiger partial charge in [-0.25, -0.2) is 0 Å². The third kappa shape index (κ3) is 3.17. The Balaban J connectivity index is 2.04. The Bertz CT molecular complexity index is 1020. The lowest BCUT2D eigenvalue weighted by molar-refractivity contribution is -0.138. The molecule has 0 spiro atoms. The number of amides is 2. The second-order valence-corrected chi connectivity index (χ2v) is 6.57. The van der Waals surface area contributed by atoms with Crippen LogP contribution in [0.5, 0.6) is 0 Å². The van der Waals surface area contributed by atoms with Gasteiger partial charge in [-0.15, -0.1) is 0 Å². The van der Waals surface area contributed by atoms with Gasteiger partial charge in [-0.3, -0.25) is 14.5 Å². The van der Waals surface area contributed by atoms with Gasteiger partial charge >= 0.3 is 0 Å². The number of likely N-dealkylation sites (N-methyl/N-ethyl adjacent to an activating group) is 1. The fourth-order valence-corrected chi connectivity index (χ4v) is 3.15. The molecule has 130 valence electrons. The molecule has 3 rings (SSSR count). The van der Waals surface area contributed by atoms with Crippen molar-refractivity contribution in [2.75, 3.05) is 7.05 Å². The molecule has 26 heavy (non-hydrogen) atoms. The van der Waals surface area contributed by atoms with E-state index in [1.807, 2.05) is 6.07 Å². The first-order valence-corrected chi connectivity index (χ1v) is 8.29. The molecule has 0 unspecified atom stereocenters. The molecular formula is C19H12Cl2N2O3. The van der Waals surface area contributed by atoms with Gasteiger partial charge in [-0.05, 0) is 48.9 Å². The lowest BCUT2D eigenvalue weighted by atomic mass is 9.95. The molecule has 1 aromatic carbocycles. The van der Waals surface area contributed by atoms with Crippen molar-refractivity contribution in [2.24, 2.45) is 0 Å². The van der Waals surface area contributed by atoms with Crippen molar-refractivity contribution < 1.29 is 14.0 Å². The number of hydrogen-bond acceptors (Lipinski definition) is 4. The topological polar surface area (TPSA) is 74.3 Å². The molecule has 0 saturated carbocycles. The molecule has 2 amide bonds. The first-order chi connectivity index (χ1) is 12.3. The Hall–Kier alpha value is -2.81. The highest BCUT2D eigenvalue weighted by Gasteiger charge is 2.33. The van der Waals surface area contributed by atoms with Crippen LogP contribution in [0.3, 0.4) is 0 Å². The normalized spacial score (nSPS) is 16.4. The lowest BCUT2D eigenvalue weighted by Crippen LogP contribution is -2.39. The summed E-state index contributed by atoms with van der Waals surface area (Å²) >= 11 is 12.0. The average Bonchev–Trinajstić information content (AvgIpc) is 3.05. The van der Waals surface area contributed by atoms with Crippen molar-refractivity contribution in [3.05, 3.63) is 62.9 Å². The molecule has 0 fully saturated rings. The zero-order valence-electron chi connectivity index (χ0n) is 13.8. The third-order valence-corrected chi connectivity index (χ3v) is 4.44. The molecule has 7 heteroatoms. The van der Waals surface area contributed by atoms with Gasteiger partial charge in [0.2, 0.25) is 0 Å². The second kappa shape index (κ2) is 6.83. The largest absolute Gasteiger partial charge is 0.457 e. The Morgan fingerprint density at radius 1 is 1.12 bits per heavy atom. The van der Waals surface area contributed by atoms with Crippen LogP contribution in [-0.4, -0.2) is 23.8 Å². The fraction of sp³-hybridized carbons (Fsp3) is 0.105.